The third-order valence-corrected chi connectivity index (χ3v) is 4.72. The summed E-state index contributed by atoms with van der Waals surface area (Å²) in [5.74, 6) is 2.00. The van der Waals surface area contributed by atoms with E-state index in [-0.39, 0.29) is 12.5 Å². The van der Waals surface area contributed by atoms with Gasteiger partial charge in [0.2, 0.25) is 5.91 Å². The van der Waals surface area contributed by atoms with Crippen molar-refractivity contribution in [2.45, 2.75) is 45.6 Å². The first-order chi connectivity index (χ1) is 14.2. The van der Waals surface area contributed by atoms with Gasteiger partial charge in [-0.2, -0.15) is 0 Å². The lowest BCUT2D eigenvalue weighted by molar-refractivity contribution is -0.114. The van der Waals surface area contributed by atoms with E-state index in [9.17, 15) is 4.79 Å². The average Bonchev–Trinajstić information content (AvgIpc) is 3.22. The molecule has 2 N–H and O–H groups in total. The summed E-state index contributed by atoms with van der Waals surface area (Å²) in [4.78, 5) is 12.4. The van der Waals surface area contributed by atoms with Crippen molar-refractivity contribution < 1.29 is 19.0 Å². The van der Waals surface area contributed by atoms with Gasteiger partial charge in [0, 0.05) is 23.5 Å². The standard InChI is InChI=1S/C23H30N2O4/c1-3-27-21-13-12-18(15-22(21)28-4-2)25-23(26)16-24-17-8-7-11-20(14-17)29-19-9-5-6-10-19/h7-8,11-15,19,24H,3-6,9-10,16H2,1-2H3,(H,25,26). The van der Waals surface area contributed by atoms with Crippen LogP contribution < -0.4 is 24.8 Å². The van der Waals surface area contributed by atoms with E-state index in [0.29, 0.717) is 36.5 Å². The molecule has 1 fully saturated rings. The summed E-state index contributed by atoms with van der Waals surface area (Å²) in [6, 6.07) is 13.2. The second-order valence-corrected chi connectivity index (χ2v) is 6.98. The fourth-order valence-corrected chi connectivity index (χ4v) is 3.39. The van der Waals surface area contributed by atoms with Gasteiger partial charge in [0.25, 0.3) is 0 Å². The quantitative estimate of drug-likeness (QED) is 0.598. The Balaban J connectivity index is 1.53. The highest BCUT2D eigenvalue weighted by Crippen LogP contribution is 2.30. The second kappa shape index (κ2) is 10.6. The van der Waals surface area contributed by atoms with Crippen LogP contribution in [-0.4, -0.2) is 31.8 Å². The van der Waals surface area contributed by atoms with Crippen LogP contribution >= 0.6 is 0 Å². The molecular weight excluding hydrogens is 368 g/mol. The number of hydrogen-bond acceptors (Lipinski definition) is 5. The van der Waals surface area contributed by atoms with Crippen LogP contribution in [0.3, 0.4) is 0 Å². The van der Waals surface area contributed by atoms with Crippen LogP contribution in [-0.2, 0) is 4.79 Å². The Kier molecular flexibility index (Phi) is 7.61. The first-order valence-electron chi connectivity index (χ1n) is 10.4. The van der Waals surface area contributed by atoms with E-state index in [0.717, 1.165) is 24.3 Å². The lowest BCUT2D eigenvalue weighted by Crippen LogP contribution is -2.21. The van der Waals surface area contributed by atoms with Crippen LogP contribution in [0.1, 0.15) is 39.5 Å². The van der Waals surface area contributed by atoms with Gasteiger partial charge >= 0.3 is 0 Å². The van der Waals surface area contributed by atoms with Crippen molar-refractivity contribution in [3.63, 3.8) is 0 Å². The Bertz CT molecular complexity index is 803. The zero-order valence-electron chi connectivity index (χ0n) is 17.2. The van der Waals surface area contributed by atoms with Gasteiger partial charge in [-0.15, -0.1) is 0 Å². The van der Waals surface area contributed by atoms with Gasteiger partial charge < -0.3 is 24.8 Å². The average molecular weight is 399 g/mol. The first kappa shape index (κ1) is 20.8. The van der Waals surface area contributed by atoms with E-state index in [1.54, 1.807) is 12.1 Å². The summed E-state index contributed by atoms with van der Waals surface area (Å²) < 4.78 is 17.2. The van der Waals surface area contributed by atoms with E-state index in [2.05, 4.69) is 10.6 Å². The van der Waals surface area contributed by atoms with E-state index >= 15 is 0 Å². The highest BCUT2D eigenvalue weighted by molar-refractivity contribution is 5.94. The first-order valence-corrected chi connectivity index (χ1v) is 10.4. The molecule has 0 saturated heterocycles. The molecule has 0 aromatic heterocycles. The fraction of sp³-hybridized carbons (Fsp3) is 0.435. The molecule has 6 nitrogen and oxygen atoms in total. The molecule has 29 heavy (non-hydrogen) atoms. The summed E-state index contributed by atoms with van der Waals surface area (Å²) in [6.07, 6.45) is 5.02. The molecule has 2 aromatic rings. The number of anilines is 2. The topological polar surface area (TPSA) is 68.8 Å². The van der Waals surface area contributed by atoms with Gasteiger partial charge in [0.05, 0.1) is 25.9 Å². The fourth-order valence-electron chi connectivity index (χ4n) is 3.39. The molecule has 6 heteroatoms. The van der Waals surface area contributed by atoms with Crippen molar-refractivity contribution >= 4 is 17.3 Å². The van der Waals surface area contributed by atoms with Crippen molar-refractivity contribution in [3.8, 4) is 17.2 Å². The minimum Gasteiger partial charge on any atom is -0.490 e. The Hall–Kier alpha value is -2.89. The molecule has 2 aromatic carbocycles. The lowest BCUT2D eigenvalue weighted by Gasteiger charge is -2.15. The van der Waals surface area contributed by atoms with Crippen LogP contribution in [0.15, 0.2) is 42.5 Å². The summed E-state index contributed by atoms with van der Waals surface area (Å²) in [7, 11) is 0. The number of hydrogen-bond donors (Lipinski definition) is 2. The normalized spacial score (nSPS) is 13.7. The maximum atomic E-state index is 12.4. The van der Waals surface area contributed by atoms with Crippen molar-refractivity contribution in [2.75, 3.05) is 30.4 Å². The monoisotopic (exact) mass is 398 g/mol. The Labute approximate surface area is 172 Å². The molecule has 0 heterocycles. The summed E-state index contributed by atoms with van der Waals surface area (Å²) >= 11 is 0. The molecule has 0 aliphatic heterocycles. The van der Waals surface area contributed by atoms with Crippen molar-refractivity contribution in [2.24, 2.45) is 0 Å². The van der Waals surface area contributed by atoms with Crippen LogP contribution in [0.5, 0.6) is 17.2 Å². The molecule has 0 unspecified atom stereocenters. The Morgan fingerprint density at radius 3 is 2.48 bits per heavy atom. The van der Waals surface area contributed by atoms with Gasteiger partial charge in [-0.25, -0.2) is 0 Å². The number of benzene rings is 2. The Morgan fingerprint density at radius 2 is 1.72 bits per heavy atom. The molecule has 1 aliphatic carbocycles. The lowest BCUT2D eigenvalue weighted by atomic mass is 10.2. The van der Waals surface area contributed by atoms with Gasteiger partial charge in [0.1, 0.15) is 5.75 Å². The molecule has 0 bridgehead atoms. The van der Waals surface area contributed by atoms with E-state index in [4.69, 9.17) is 14.2 Å². The molecule has 156 valence electrons. The summed E-state index contributed by atoms with van der Waals surface area (Å²) in [5, 5.41) is 6.04. The molecule has 1 aliphatic rings. The SMILES string of the molecule is CCOc1ccc(NC(=O)CNc2cccc(OC3CCCC3)c2)cc1OCC. The van der Waals surface area contributed by atoms with E-state index in [1.165, 1.54) is 12.8 Å². The van der Waals surface area contributed by atoms with Gasteiger partial charge in [-0.1, -0.05) is 6.07 Å². The number of rotatable bonds is 10. The highest BCUT2D eigenvalue weighted by Gasteiger charge is 2.16. The third kappa shape index (κ3) is 6.31. The van der Waals surface area contributed by atoms with Crippen molar-refractivity contribution in [3.05, 3.63) is 42.5 Å². The van der Waals surface area contributed by atoms with Crippen LogP contribution in [0, 0.1) is 0 Å². The van der Waals surface area contributed by atoms with E-state index in [1.807, 2.05) is 44.2 Å². The van der Waals surface area contributed by atoms with Crippen LogP contribution in [0.25, 0.3) is 0 Å². The van der Waals surface area contributed by atoms with Crippen molar-refractivity contribution in [1.29, 1.82) is 0 Å². The van der Waals surface area contributed by atoms with E-state index < -0.39 is 0 Å². The van der Waals surface area contributed by atoms with Gasteiger partial charge in [-0.05, 0) is 63.8 Å². The number of carbonyl (C=O) groups is 1. The highest BCUT2D eigenvalue weighted by atomic mass is 16.5. The number of nitrogens with one attached hydrogen (secondary N) is 2. The number of ether oxygens (including phenoxy) is 3. The largest absolute Gasteiger partial charge is 0.490 e. The zero-order valence-corrected chi connectivity index (χ0v) is 17.2. The maximum absolute atomic E-state index is 12.4. The molecule has 3 rings (SSSR count). The van der Waals surface area contributed by atoms with Crippen LogP contribution in [0.2, 0.25) is 0 Å². The smallest absolute Gasteiger partial charge is 0.243 e. The van der Waals surface area contributed by atoms with Gasteiger partial charge in [-0.3, -0.25) is 4.79 Å². The van der Waals surface area contributed by atoms with Crippen LogP contribution in [0.4, 0.5) is 11.4 Å². The maximum Gasteiger partial charge on any atom is 0.243 e. The second-order valence-electron chi connectivity index (χ2n) is 6.98. The molecule has 0 spiro atoms. The number of carbonyl (C=O) groups excluding carboxylic acids is 1. The molecule has 0 radical (unpaired) electrons. The van der Waals surface area contributed by atoms with Crippen molar-refractivity contribution in [1.82, 2.24) is 0 Å². The Morgan fingerprint density at radius 1 is 0.966 bits per heavy atom. The predicted molar refractivity (Wildman–Crippen MR) is 115 cm³/mol. The number of amides is 1. The molecule has 1 amide bonds. The minimum atomic E-state index is -0.140. The molecule has 0 atom stereocenters. The minimum absolute atomic E-state index is 0.140. The zero-order chi connectivity index (χ0) is 20.5. The summed E-state index contributed by atoms with van der Waals surface area (Å²) in [5.41, 5.74) is 1.53. The molecule has 1 saturated carbocycles. The van der Waals surface area contributed by atoms with Gasteiger partial charge in [0.15, 0.2) is 11.5 Å². The molecular formula is C23H30N2O4. The summed E-state index contributed by atoms with van der Waals surface area (Å²) in [6.45, 7) is 5.07. The predicted octanol–water partition coefficient (Wildman–Crippen LogP) is 4.86. The third-order valence-electron chi connectivity index (χ3n) is 4.72.